The monoisotopic (exact) mass is 345 g/mol. The van der Waals surface area contributed by atoms with Crippen LogP contribution >= 0.6 is 0 Å². The number of ether oxygens (including phenoxy) is 2. The maximum atomic E-state index is 13.3. The molecule has 3 aromatic carbocycles. The second-order valence-corrected chi connectivity index (χ2v) is 6.07. The van der Waals surface area contributed by atoms with Gasteiger partial charge in [-0.2, -0.15) is 0 Å². The highest BCUT2D eigenvalue weighted by Gasteiger charge is 2.26. The average Bonchev–Trinajstić information content (AvgIpc) is 3.18. The van der Waals surface area contributed by atoms with Gasteiger partial charge in [0.2, 0.25) is 6.79 Å². The van der Waals surface area contributed by atoms with Gasteiger partial charge in [0.05, 0.1) is 5.56 Å². The minimum absolute atomic E-state index is 0.0884. The first-order chi connectivity index (χ1) is 12.8. The largest absolute Gasteiger partial charge is 0.454 e. The summed E-state index contributed by atoms with van der Waals surface area (Å²) in [5, 5.41) is 0. The third-order valence-electron chi connectivity index (χ3n) is 4.41. The predicted octanol–water partition coefficient (Wildman–Crippen LogP) is 4.30. The van der Waals surface area contributed by atoms with E-state index in [1.54, 1.807) is 11.0 Å². The second-order valence-electron chi connectivity index (χ2n) is 6.07. The summed E-state index contributed by atoms with van der Waals surface area (Å²) >= 11 is 0. The zero-order chi connectivity index (χ0) is 17.8. The highest BCUT2D eigenvalue weighted by atomic mass is 16.7. The molecule has 0 saturated heterocycles. The lowest BCUT2D eigenvalue weighted by molar-refractivity contribution is 0.0982. The fraction of sp³-hybridized carbons (Fsp3) is 0.136. The second kappa shape index (κ2) is 7.31. The van der Waals surface area contributed by atoms with E-state index in [0.29, 0.717) is 23.6 Å². The normalized spacial score (nSPS) is 12.0. The number of rotatable bonds is 5. The van der Waals surface area contributed by atoms with Crippen LogP contribution in [0, 0.1) is 0 Å². The van der Waals surface area contributed by atoms with E-state index in [9.17, 15) is 4.79 Å². The number of nitrogens with zero attached hydrogens (tertiary/aromatic N) is 1. The molecular formula is C22H19NO3. The summed E-state index contributed by atoms with van der Waals surface area (Å²) in [6.07, 6.45) is 0.772. The summed E-state index contributed by atoms with van der Waals surface area (Å²) in [5.74, 6) is 1.06. The number of carbonyl (C=O) groups is 1. The molecule has 0 bridgehead atoms. The van der Waals surface area contributed by atoms with E-state index >= 15 is 0 Å². The lowest BCUT2D eigenvalue weighted by atomic mass is 10.1. The van der Waals surface area contributed by atoms with Crippen molar-refractivity contribution in [2.45, 2.75) is 6.42 Å². The van der Waals surface area contributed by atoms with Gasteiger partial charge in [-0.1, -0.05) is 54.6 Å². The van der Waals surface area contributed by atoms with E-state index in [0.717, 1.165) is 12.1 Å². The van der Waals surface area contributed by atoms with Gasteiger partial charge in [0.25, 0.3) is 5.91 Å². The first-order valence-corrected chi connectivity index (χ1v) is 8.62. The maximum absolute atomic E-state index is 13.3. The Morgan fingerprint density at radius 2 is 1.58 bits per heavy atom. The molecule has 130 valence electrons. The molecule has 0 fully saturated rings. The summed E-state index contributed by atoms with van der Waals surface area (Å²) in [5.41, 5.74) is 2.58. The van der Waals surface area contributed by atoms with Crippen LogP contribution in [-0.2, 0) is 6.42 Å². The van der Waals surface area contributed by atoms with Crippen LogP contribution in [0.4, 0.5) is 5.69 Å². The van der Waals surface area contributed by atoms with E-state index in [-0.39, 0.29) is 12.7 Å². The Bertz CT molecular complexity index is 894. The first kappa shape index (κ1) is 16.2. The highest BCUT2D eigenvalue weighted by molar-refractivity contribution is 6.08. The predicted molar refractivity (Wildman–Crippen MR) is 101 cm³/mol. The van der Waals surface area contributed by atoms with Crippen LogP contribution in [0.1, 0.15) is 15.9 Å². The summed E-state index contributed by atoms with van der Waals surface area (Å²) in [4.78, 5) is 15.1. The standard InChI is InChI=1S/C22H19NO3/c24-22(19-12-7-13-20-21(19)26-16-25-20)23(18-10-5-2-6-11-18)15-14-17-8-3-1-4-9-17/h1-13H,14-16H2. The van der Waals surface area contributed by atoms with Crippen molar-refractivity contribution in [3.8, 4) is 11.5 Å². The van der Waals surface area contributed by atoms with Gasteiger partial charge in [0.15, 0.2) is 11.5 Å². The zero-order valence-electron chi connectivity index (χ0n) is 14.3. The molecule has 0 unspecified atom stereocenters. The van der Waals surface area contributed by atoms with Crippen molar-refractivity contribution in [1.29, 1.82) is 0 Å². The zero-order valence-corrected chi connectivity index (χ0v) is 14.3. The molecule has 0 saturated carbocycles. The molecule has 0 radical (unpaired) electrons. The minimum Gasteiger partial charge on any atom is -0.454 e. The third-order valence-corrected chi connectivity index (χ3v) is 4.41. The molecular weight excluding hydrogens is 326 g/mol. The average molecular weight is 345 g/mol. The van der Waals surface area contributed by atoms with Gasteiger partial charge < -0.3 is 14.4 Å². The molecule has 4 heteroatoms. The van der Waals surface area contributed by atoms with Crippen molar-refractivity contribution in [1.82, 2.24) is 0 Å². The Hall–Kier alpha value is -3.27. The van der Waals surface area contributed by atoms with Crippen molar-refractivity contribution < 1.29 is 14.3 Å². The van der Waals surface area contributed by atoms with Crippen LogP contribution in [0.25, 0.3) is 0 Å². The van der Waals surface area contributed by atoms with Crippen molar-refractivity contribution in [3.63, 3.8) is 0 Å². The van der Waals surface area contributed by atoms with E-state index in [2.05, 4.69) is 12.1 Å². The van der Waals surface area contributed by atoms with Crippen molar-refractivity contribution in [3.05, 3.63) is 90.0 Å². The number of hydrogen-bond donors (Lipinski definition) is 0. The third kappa shape index (κ3) is 3.26. The van der Waals surface area contributed by atoms with E-state index in [4.69, 9.17) is 9.47 Å². The van der Waals surface area contributed by atoms with Crippen LogP contribution in [0.3, 0.4) is 0 Å². The van der Waals surface area contributed by atoms with E-state index in [1.165, 1.54) is 5.56 Å². The number of hydrogen-bond acceptors (Lipinski definition) is 3. The Morgan fingerprint density at radius 3 is 2.35 bits per heavy atom. The molecule has 3 aromatic rings. The van der Waals surface area contributed by atoms with Crippen molar-refractivity contribution in [2.24, 2.45) is 0 Å². The van der Waals surface area contributed by atoms with Gasteiger partial charge in [-0.3, -0.25) is 4.79 Å². The molecule has 0 spiro atoms. The lowest BCUT2D eigenvalue weighted by Gasteiger charge is -2.23. The first-order valence-electron chi connectivity index (χ1n) is 8.62. The number of para-hydroxylation sites is 2. The molecule has 1 heterocycles. The quantitative estimate of drug-likeness (QED) is 0.692. The summed E-state index contributed by atoms with van der Waals surface area (Å²) in [6, 6.07) is 25.3. The van der Waals surface area contributed by atoms with E-state index < -0.39 is 0 Å². The van der Waals surface area contributed by atoms with Gasteiger partial charge in [-0.05, 0) is 36.2 Å². The number of amides is 1. The van der Waals surface area contributed by atoms with Gasteiger partial charge >= 0.3 is 0 Å². The van der Waals surface area contributed by atoms with Crippen LogP contribution in [0.2, 0.25) is 0 Å². The fourth-order valence-electron chi connectivity index (χ4n) is 3.09. The Morgan fingerprint density at radius 1 is 0.846 bits per heavy atom. The van der Waals surface area contributed by atoms with Crippen LogP contribution in [0.15, 0.2) is 78.9 Å². The number of carbonyl (C=O) groups excluding carboxylic acids is 1. The van der Waals surface area contributed by atoms with Gasteiger partial charge in [-0.15, -0.1) is 0 Å². The smallest absolute Gasteiger partial charge is 0.262 e. The van der Waals surface area contributed by atoms with Crippen LogP contribution < -0.4 is 14.4 Å². The van der Waals surface area contributed by atoms with E-state index in [1.807, 2.05) is 60.7 Å². The highest BCUT2D eigenvalue weighted by Crippen LogP contribution is 2.36. The molecule has 0 N–H and O–H groups in total. The molecule has 0 aliphatic carbocycles. The van der Waals surface area contributed by atoms with Crippen LogP contribution in [-0.4, -0.2) is 19.2 Å². The molecule has 1 aliphatic rings. The lowest BCUT2D eigenvalue weighted by Crippen LogP contribution is -2.33. The summed E-state index contributed by atoms with van der Waals surface area (Å²) < 4.78 is 10.9. The number of anilines is 1. The summed E-state index contributed by atoms with van der Waals surface area (Å²) in [7, 11) is 0. The Balaban J connectivity index is 1.64. The number of benzene rings is 3. The molecule has 0 atom stereocenters. The molecule has 1 aliphatic heterocycles. The number of fused-ring (bicyclic) bond motifs is 1. The molecule has 4 nitrogen and oxygen atoms in total. The van der Waals surface area contributed by atoms with Crippen molar-refractivity contribution in [2.75, 3.05) is 18.2 Å². The molecule has 4 rings (SSSR count). The fourth-order valence-corrected chi connectivity index (χ4v) is 3.09. The minimum atomic E-state index is -0.0884. The Labute approximate surface area is 152 Å². The Kier molecular flexibility index (Phi) is 4.56. The van der Waals surface area contributed by atoms with Gasteiger partial charge in [0, 0.05) is 12.2 Å². The molecule has 26 heavy (non-hydrogen) atoms. The SMILES string of the molecule is O=C(c1cccc2c1OCO2)N(CCc1ccccc1)c1ccccc1. The maximum Gasteiger partial charge on any atom is 0.262 e. The molecule has 1 amide bonds. The topological polar surface area (TPSA) is 38.8 Å². The van der Waals surface area contributed by atoms with Gasteiger partial charge in [0.1, 0.15) is 0 Å². The molecule has 0 aromatic heterocycles. The summed E-state index contributed by atoms with van der Waals surface area (Å²) in [6.45, 7) is 0.729. The van der Waals surface area contributed by atoms with Gasteiger partial charge in [-0.25, -0.2) is 0 Å². The van der Waals surface area contributed by atoms with Crippen molar-refractivity contribution >= 4 is 11.6 Å². The van der Waals surface area contributed by atoms with Crippen LogP contribution in [0.5, 0.6) is 11.5 Å².